The van der Waals surface area contributed by atoms with Crippen LogP contribution in [-0.2, 0) is 4.79 Å². The lowest BCUT2D eigenvalue weighted by molar-refractivity contribution is -0.137. The molecule has 0 saturated heterocycles. The van der Waals surface area contributed by atoms with Crippen LogP contribution in [0.4, 0.5) is 4.79 Å². The van der Waals surface area contributed by atoms with E-state index in [9.17, 15) is 9.59 Å². The number of rotatable bonds is 8. The predicted molar refractivity (Wildman–Crippen MR) is 66.2 cm³/mol. The lowest BCUT2D eigenvalue weighted by Crippen LogP contribution is -2.45. The van der Waals surface area contributed by atoms with E-state index in [0.717, 1.165) is 6.42 Å². The molecule has 0 bridgehead atoms. The number of carboxylic acids is 1. The van der Waals surface area contributed by atoms with Crippen LogP contribution in [0.1, 0.15) is 38.5 Å². The van der Waals surface area contributed by atoms with E-state index in [0.29, 0.717) is 18.9 Å². The molecule has 1 aliphatic carbocycles. The van der Waals surface area contributed by atoms with Gasteiger partial charge in [0, 0.05) is 13.0 Å². The highest BCUT2D eigenvalue weighted by Gasteiger charge is 2.22. The monoisotopic (exact) mass is 258 g/mol. The Labute approximate surface area is 107 Å². The van der Waals surface area contributed by atoms with Gasteiger partial charge in [0.2, 0.25) is 0 Å². The zero-order valence-electron chi connectivity index (χ0n) is 10.5. The van der Waals surface area contributed by atoms with E-state index in [1.54, 1.807) is 0 Å². The molecule has 1 atom stereocenters. The van der Waals surface area contributed by atoms with Gasteiger partial charge in [-0.3, -0.25) is 4.79 Å². The number of carbonyl (C=O) groups is 2. The molecule has 1 rings (SSSR count). The molecule has 0 aromatic carbocycles. The Balaban J connectivity index is 2.10. The maximum Gasteiger partial charge on any atom is 0.315 e. The summed E-state index contributed by atoms with van der Waals surface area (Å²) in [6.45, 7) is 0.277. The molecule has 0 aromatic rings. The van der Waals surface area contributed by atoms with E-state index in [4.69, 9.17) is 10.2 Å². The molecule has 6 nitrogen and oxygen atoms in total. The number of nitrogens with one attached hydrogen (secondary N) is 2. The number of hydrogen-bond acceptors (Lipinski definition) is 3. The number of aliphatic hydroxyl groups is 1. The van der Waals surface area contributed by atoms with Gasteiger partial charge < -0.3 is 20.8 Å². The molecule has 6 heteroatoms. The molecule has 18 heavy (non-hydrogen) atoms. The molecule has 0 spiro atoms. The highest BCUT2D eigenvalue weighted by Crippen LogP contribution is 2.30. The topological polar surface area (TPSA) is 98.7 Å². The van der Waals surface area contributed by atoms with Crippen LogP contribution in [0.5, 0.6) is 0 Å². The van der Waals surface area contributed by atoms with Crippen molar-refractivity contribution in [2.75, 3.05) is 13.2 Å². The Morgan fingerprint density at radius 1 is 1.33 bits per heavy atom. The van der Waals surface area contributed by atoms with Gasteiger partial charge >= 0.3 is 12.0 Å². The summed E-state index contributed by atoms with van der Waals surface area (Å²) in [6.07, 6.45) is 4.88. The normalized spacial score (nSPS) is 16.7. The SMILES string of the molecule is O=C(O)CCCNC(=O)NC(CO)CC1CCC1. The van der Waals surface area contributed by atoms with Crippen LogP contribution in [0, 0.1) is 5.92 Å². The smallest absolute Gasteiger partial charge is 0.315 e. The first kappa shape index (κ1) is 14.8. The summed E-state index contributed by atoms with van der Waals surface area (Å²) in [7, 11) is 0. The standard InChI is InChI=1S/C12H22N2O4/c15-8-10(7-9-3-1-4-9)14-12(18)13-6-2-5-11(16)17/h9-10,15H,1-8H2,(H,16,17)(H2,13,14,18). The number of aliphatic hydroxyl groups excluding tert-OH is 1. The van der Waals surface area contributed by atoms with E-state index in [1.165, 1.54) is 19.3 Å². The molecule has 0 heterocycles. The molecule has 4 N–H and O–H groups in total. The van der Waals surface area contributed by atoms with E-state index in [-0.39, 0.29) is 25.1 Å². The van der Waals surface area contributed by atoms with Crippen molar-refractivity contribution in [3.63, 3.8) is 0 Å². The Hall–Kier alpha value is -1.30. The lowest BCUT2D eigenvalue weighted by atomic mass is 9.81. The fraction of sp³-hybridized carbons (Fsp3) is 0.833. The van der Waals surface area contributed by atoms with Gasteiger partial charge in [-0.25, -0.2) is 4.79 Å². The van der Waals surface area contributed by atoms with Crippen LogP contribution < -0.4 is 10.6 Å². The summed E-state index contributed by atoms with van der Waals surface area (Å²) >= 11 is 0. The van der Waals surface area contributed by atoms with Crippen molar-refractivity contribution in [2.45, 2.75) is 44.6 Å². The minimum absolute atomic E-state index is 0.0474. The quantitative estimate of drug-likeness (QED) is 0.482. The summed E-state index contributed by atoms with van der Waals surface area (Å²) in [5.41, 5.74) is 0. The fourth-order valence-corrected chi connectivity index (χ4v) is 1.99. The molecular formula is C12H22N2O4. The maximum absolute atomic E-state index is 11.5. The highest BCUT2D eigenvalue weighted by molar-refractivity contribution is 5.74. The average molecular weight is 258 g/mol. The van der Waals surface area contributed by atoms with Crippen molar-refractivity contribution in [2.24, 2.45) is 5.92 Å². The van der Waals surface area contributed by atoms with Crippen molar-refractivity contribution in [3.8, 4) is 0 Å². The number of carboxylic acid groups (broad SMARTS) is 1. The molecule has 1 aliphatic rings. The first-order valence-electron chi connectivity index (χ1n) is 6.49. The predicted octanol–water partition coefficient (Wildman–Crippen LogP) is 0.701. The largest absolute Gasteiger partial charge is 0.481 e. The molecule has 0 radical (unpaired) electrons. The summed E-state index contributed by atoms with van der Waals surface area (Å²) in [5.74, 6) is -0.245. The molecule has 1 unspecified atom stereocenters. The first-order valence-corrected chi connectivity index (χ1v) is 6.49. The van der Waals surface area contributed by atoms with Gasteiger partial charge in [-0.2, -0.15) is 0 Å². The van der Waals surface area contributed by atoms with E-state index in [2.05, 4.69) is 10.6 Å². The van der Waals surface area contributed by atoms with Crippen molar-refractivity contribution in [1.82, 2.24) is 10.6 Å². The fourth-order valence-electron chi connectivity index (χ4n) is 1.99. The number of urea groups is 1. The third kappa shape index (κ3) is 5.86. The maximum atomic E-state index is 11.5. The van der Waals surface area contributed by atoms with Crippen molar-refractivity contribution in [1.29, 1.82) is 0 Å². The lowest BCUT2D eigenvalue weighted by Gasteiger charge is -2.29. The van der Waals surface area contributed by atoms with Gasteiger partial charge in [0.05, 0.1) is 12.6 Å². The van der Waals surface area contributed by atoms with Crippen LogP contribution in [0.15, 0.2) is 0 Å². The Bertz CT molecular complexity index is 279. The molecule has 2 amide bonds. The molecule has 1 fully saturated rings. The highest BCUT2D eigenvalue weighted by atomic mass is 16.4. The van der Waals surface area contributed by atoms with Crippen molar-refractivity contribution >= 4 is 12.0 Å². The van der Waals surface area contributed by atoms with Gasteiger partial charge in [0.1, 0.15) is 0 Å². The number of aliphatic carboxylic acids is 1. The van der Waals surface area contributed by atoms with E-state index in [1.807, 2.05) is 0 Å². The second-order valence-corrected chi connectivity index (χ2v) is 4.81. The summed E-state index contributed by atoms with van der Waals surface area (Å²) < 4.78 is 0. The minimum Gasteiger partial charge on any atom is -0.481 e. The number of carbonyl (C=O) groups excluding carboxylic acids is 1. The van der Waals surface area contributed by atoms with Gasteiger partial charge in [0.25, 0.3) is 0 Å². The third-order valence-electron chi connectivity index (χ3n) is 3.25. The minimum atomic E-state index is -0.865. The van der Waals surface area contributed by atoms with Crippen LogP contribution >= 0.6 is 0 Å². The summed E-state index contributed by atoms with van der Waals surface area (Å²) in [4.78, 5) is 21.7. The number of hydrogen-bond donors (Lipinski definition) is 4. The Morgan fingerprint density at radius 3 is 2.56 bits per heavy atom. The first-order chi connectivity index (χ1) is 8.61. The van der Waals surface area contributed by atoms with E-state index < -0.39 is 5.97 Å². The van der Waals surface area contributed by atoms with Crippen molar-refractivity contribution < 1.29 is 19.8 Å². The molecule has 104 valence electrons. The van der Waals surface area contributed by atoms with Gasteiger partial charge in [0.15, 0.2) is 0 Å². The van der Waals surface area contributed by atoms with E-state index >= 15 is 0 Å². The second-order valence-electron chi connectivity index (χ2n) is 4.81. The molecule has 1 saturated carbocycles. The van der Waals surface area contributed by atoms with Gasteiger partial charge in [-0.1, -0.05) is 19.3 Å². The average Bonchev–Trinajstić information content (AvgIpc) is 2.27. The zero-order valence-corrected chi connectivity index (χ0v) is 10.5. The Morgan fingerprint density at radius 2 is 2.06 bits per heavy atom. The number of amides is 2. The van der Waals surface area contributed by atoms with Crippen LogP contribution in [0.25, 0.3) is 0 Å². The van der Waals surface area contributed by atoms with Crippen LogP contribution in [-0.4, -0.2) is 41.4 Å². The third-order valence-corrected chi connectivity index (χ3v) is 3.25. The van der Waals surface area contributed by atoms with Gasteiger partial charge in [-0.15, -0.1) is 0 Å². The zero-order chi connectivity index (χ0) is 13.4. The Kier molecular flexibility index (Phi) is 6.49. The van der Waals surface area contributed by atoms with Crippen LogP contribution in [0.3, 0.4) is 0 Å². The van der Waals surface area contributed by atoms with Gasteiger partial charge in [-0.05, 0) is 18.8 Å². The summed E-state index contributed by atoms with van der Waals surface area (Å²) in [5, 5.41) is 22.9. The summed E-state index contributed by atoms with van der Waals surface area (Å²) in [6, 6.07) is -0.534. The van der Waals surface area contributed by atoms with Crippen molar-refractivity contribution in [3.05, 3.63) is 0 Å². The molecular weight excluding hydrogens is 236 g/mol. The second kappa shape index (κ2) is 7.92. The molecule has 0 aromatic heterocycles. The van der Waals surface area contributed by atoms with Crippen LogP contribution in [0.2, 0.25) is 0 Å². The molecule has 0 aliphatic heterocycles.